The van der Waals surface area contributed by atoms with Crippen LogP contribution in [-0.2, 0) is 0 Å². The van der Waals surface area contributed by atoms with Crippen molar-refractivity contribution in [1.82, 2.24) is 0 Å². The highest BCUT2D eigenvalue weighted by Crippen LogP contribution is 2.20. The lowest BCUT2D eigenvalue weighted by Gasteiger charge is -2.10. The van der Waals surface area contributed by atoms with Crippen LogP contribution in [0.15, 0.2) is 91.0 Å². The van der Waals surface area contributed by atoms with Gasteiger partial charge in [-0.3, -0.25) is 9.59 Å². The second-order valence-corrected chi connectivity index (χ2v) is 6.87. The maximum atomic E-state index is 12.7. The van der Waals surface area contributed by atoms with Gasteiger partial charge in [-0.15, -0.1) is 0 Å². The third-order valence-corrected chi connectivity index (χ3v) is 4.78. The molecule has 0 fully saturated rings. The van der Waals surface area contributed by atoms with E-state index in [0.717, 1.165) is 16.3 Å². The Morgan fingerprint density at radius 3 is 2.03 bits per heavy atom. The molecule has 0 unspecified atom stereocenters. The number of hydrogen-bond acceptors (Lipinski definition) is 2. The molecule has 0 saturated carbocycles. The van der Waals surface area contributed by atoms with Gasteiger partial charge >= 0.3 is 0 Å². The van der Waals surface area contributed by atoms with Crippen molar-refractivity contribution < 1.29 is 9.59 Å². The largest absolute Gasteiger partial charge is 0.322 e. The van der Waals surface area contributed by atoms with E-state index in [4.69, 9.17) is 0 Å². The summed E-state index contributed by atoms with van der Waals surface area (Å²) in [6, 6.07) is 28.1. The van der Waals surface area contributed by atoms with E-state index in [9.17, 15) is 9.59 Å². The molecule has 0 atom stereocenters. The van der Waals surface area contributed by atoms with Gasteiger partial charge in [0.2, 0.25) is 0 Å². The van der Waals surface area contributed by atoms with Gasteiger partial charge in [0, 0.05) is 22.5 Å². The van der Waals surface area contributed by atoms with Crippen LogP contribution in [0.5, 0.6) is 0 Å². The lowest BCUT2D eigenvalue weighted by molar-refractivity contribution is 0.101. The minimum atomic E-state index is -0.196. The molecule has 4 aromatic carbocycles. The number of fused-ring (bicyclic) bond motifs is 1. The van der Waals surface area contributed by atoms with Crippen molar-refractivity contribution in [2.24, 2.45) is 0 Å². The highest BCUT2D eigenvalue weighted by molar-refractivity contribution is 6.08. The molecule has 0 aliphatic rings. The lowest BCUT2D eigenvalue weighted by atomic mass is 10.1. The van der Waals surface area contributed by atoms with Gasteiger partial charge in [-0.1, -0.05) is 54.6 Å². The fourth-order valence-electron chi connectivity index (χ4n) is 3.23. The first kappa shape index (κ1) is 18.4. The fourth-order valence-corrected chi connectivity index (χ4v) is 3.23. The summed E-state index contributed by atoms with van der Waals surface area (Å²) in [5, 5.41) is 7.89. The van der Waals surface area contributed by atoms with Crippen LogP contribution >= 0.6 is 0 Å². The highest BCUT2D eigenvalue weighted by atomic mass is 16.2. The van der Waals surface area contributed by atoms with Crippen LogP contribution in [0.2, 0.25) is 0 Å². The summed E-state index contributed by atoms with van der Waals surface area (Å²) < 4.78 is 0. The topological polar surface area (TPSA) is 58.2 Å². The van der Waals surface area contributed by atoms with Crippen molar-refractivity contribution in [2.75, 3.05) is 10.6 Å². The summed E-state index contributed by atoms with van der Waals surface area (Å²) >= 11 is 0. The maximum absolute atomic E-state index is 12.7. The van der Waals surface area contributed by atoms with Crippen molar-refractivity contribution >= 4 is 34.0 Å². The highest BCUT2D eigenvalue weighted by Gasteiger charge is 2.10. The summed E-state index contributed by atoms with van der Waals surface area (Å²) in [6.07, 6.45) is 0. The molecule has 0 aliphatic carbocycles. The van der Waals surface area contributed by atoms with Gasteiger partial charge in [0.15, 0.2) is 0 Å². The molecule has 4 nitrogen and oxygen atoms in total. The van der Waals surface area contributed by atoms with Gasteiger partial charge in [0.25, 0.3) is 11.8 Å². The third kappa shape index (κ3) is 4.17. The molecule has 0 radical (unpaired) electrons. The van der Waals surface area contributed by atoms with Gasteiger partial charge in [0.1, 0.15) is 0 Å². The number of benzene rings is 4. The molecule has 0 aliphatic heterocycles. The minimum absolute atomic E-state index is 0.180. The van der Waals surface area contributed by atoms with Crippen LogP contribution in [0.1, 0.15) is 26.3 Å². The molecule has 2 amide bonds. The number of carbonyl (C=O) groups excluding carboxylic acids is 2. The molecule has 4 heteroatoms. The van der Waals surface area contributed by atoms with Crippen LogP contribution in [-0.4, -0.2) is 11.8 Å². The molecule has 142 valence electrons. The Balaban J connectivity index is 1.50. The molecule has 0 heterocycles. The van der Waals surface area contributed by atoms with Crippen molar-refractivity contribution in [2.45, 2.75) is 6.92 Å². The zero-order valence-corrected chi connectivity index (χ0v) is 16.0. The number of amides is 2. The predicted octanol–water partition coefficient (Wildman–Crippen LogP) is 5.65. The van der Waals surface area contributed by atoms with Crippen LogP contribution in [0.25, 0.3) is 10.8 Å². The quantitative estimate of drug-likeness (QED) is 0.480. The maximum Gasteiger partial charge on any atom is 0.255 e. The smallest absolute Gasteiger partial charge is 0.255 e. The Bertz CT molecular complexity index is 1210. The summed E-state index contributed by atoms with van der Waals surface area (Å²) in [7, 11) is 0. The van der Waals surface area contributed by atoms with E-state index in [0.29, 0.717) is 22.5 Å². The average molecular weight is 380 g/mol. The Hall–Kier alpha value is -3.92. The van der Waals surface area contributed by atoms with Gasteiger partial charge in [-0.2, -0.15) is 0 Å². The van der Waals surface area contributed by atoms with E-state index < -0.39 is 0 Å². The Morgan fingerprint density at radius 2 is 1.28 bits per heavy atom. The van der Waals surface area contributed by atoms with Crippen LogP contribution in [0.4, 0.5) is 11.4 Å². The van der Waals surface area contributed by atoms with Crippen LogP contribution < -0.4 is 10.6 Å². The van der Waals surface area contributed by atoms with E-state index in [2.05, 4.69) is 10.6 Å². The van der Waals surface area contributed by atoms with Crippen molar-refractivity contribution in [1.29, 1.82) is 0 Å². The monoisotopic (exact) mass is 380 g/mol. The zero-order valence-electron chi connectivity index (χ0n) is 16.0. The molecule has 0 aromatic heterocycles. The summed E-state index contributed by atoms with van der Waals surface area (Å²) in [6.45, 7) is 1.90. The second kappa shape index (κ2) is 7.98. The molecule has 0 saturated heterocycles. The molecule has 4 rings (SSSR count). The number of rotatable bonds is 4. The van der Waals surface area contributed by atoms with E-state index in [1.165, 1.54) is 0 Å². The first-order chi connectivity index (χ1) is 14.1. The van der Waals surface area contributed by atoms with Crippen molar-refractivity contribution in [3.8, 4) is 0 Å². The average Bonchev–Trinajstić information content (AvgIpc) is 2.74. The molecule has 4 aromatic rings. The molecule has 0 spiro atoms. The summed E-state index contributed by atoms with van der Waals surface area (Å²) in [5.41, 5.74) is 3.35. The summed E-state index contributed by atoms with van der Waals surface area (Å²) in [5.74, 6) is -0.376. The van der Waals surface area contributed by atoms with Crippen molar-refractivity contribution in [3.05, 3.63) is 108 Å². The SMILES string of the molecule is Cc1ccccc1C(=O)Nc1cccc(NC(=O)c2ccc3ccccc3c2)c1. The van der Waals surface area contributed by atoms with E-state index >= 15 is 0 Å². The van der Waals surface area contributed by atoms with Gasteiger partial charge < -0.3 is 10.6 Å². The molecule has 29 heavy (non-hydrogen) atoms. The Kier molecular flexibility index (Phi) is 5.08. The zero-order chi connectivity index (χ0) is 20.2. The summed E-state index contributed by atoms with van der Waals surface area (Å²) in [4.78, 5) is 25.2. The van der Waals surface area contributed by atoms with E-state index in [1.54, 1.807) is 30.3 Å². The van der Waals surface area contributed by atoms with Crippen LogP contribution in [0, 0.1) is 6.92 Å². The fraction of sp³-hybridized carbons (Fsp3) is 0.0400. The molecular weight excluding hydrogens is 360 g/mol. The Morgan fingerprint density at radius 1 is 0.621 bits per heavy atom. The molecular formula is C25H20N2O2. The molecule has 2 N–H and O–H groups in total. The Labute approximate surface area is 169 Å². The lowest BCUT2D eigenvalue weighted by Crippen LogP contribution is -2.14. The van der Waals surface area contributed by atoms with Gasteiger partial charge in [0.05, 0.1) is 0 Å². The number of hydrogen-bond donors (Lipinski definition) is 2. The van der Waals surface area contributed by atoms with Gasteiger partial charge in [-0.25, -0.2) is 0 Å². The number of aryl methyl sites for hydroxylation is 1. The normalized spacial score (nSPS) is 10.5. The predicted molar refractivity (Wildman–Crippen MR) is 117 cm³/mol. The van der Waals surface area contributed by atoms with E-state index in [1.807, 2.05) is 67.6 Å². The van der Waals surface area contributed by atoms with Gasteiger partial charge in [-0.05, 0) is 59.7 Å². The third-order valence-electron chi connectivity index (χ3n) is 4.78. The first-order valence-corrected chi connectivity index (χ1v) is 9.37. The first-order valence-electron chi connectivity index (χ1n) is 9.37. The number of carbonyl (C=O) groups is 2. The standard InChI is InChI=1S/C25H20N2O2/c1-17-7-2-5-12-23(17)25(29)27-22-11-6-10-21(16-22)26-24(28)20-14-13-18-8-3-4-9-19(18)15-20/h2-16H,1H3,(H,26,28)(H,27,29). The van der Waals surface area contributed by atoms with Crippen molar-refractivity contribution in [3.63, 3.8) is 0 Å². The molecule has 0 bridgehead atoms. The number of anilines is 2. The van der Waals surface area contributed by atoms with E-state index in [-0.39, 0.29) is 11.8 Å². The van der Waals surface area contributed by atoms with Crippen LogP contribution in [0.3, 0.4) is 0 Å². The number of nitrogens with one attached hydrogen (secondary N) is 2. The second-order valence-electron chi connectivity index (χ2n) is 6.87. The minimum Gasteiger partial charge on any atom is -0.322 e.